The van der Waals surface area contributed by atoms with Gasteiger partial charge in [-0.3, -0.25) is 5.43 Å². The van der Waals surface area contributed by atoms with E-state index in [1.807, 2.05) is 5.38 Å². The Hall–Kier alpha value is -1.66. The zero-order valence-electron chi connectivity index (χ0n) is 12.9. The van der Waals surface area contributed by atoms with Crippen molar-refractivity contribution < 1.29 is 4.39 Å². The van der Waals surface area contributed by atoms with Crippen LogP contribution in [0.4, 0.5) is 9.52 Å². The lowest BCUT2D eigenvalue weighted by molar-refractivity contribution is 0.628. The molecule has 0 fully saturated rings. The molecule has 0 atom stereocenters. The highest BCUT2D eigenvalue weighted by atomic mass is 35.5. The number of aromatic nitrogens is 1. The summed E-state index contributed by atoms with van der Waals surface area (Å²) in [4.78, 5) is 4.43. The molecule has 3 rings (SSSR count). The quantitative estimate of drug-likeness (QED) is 0.291. The number of hydrazone groups is 1. The van der Waals surface area contributed by atoms with Gasteiger partial charge in [-0.2, -0.15) is 5.10 Å². The van der Waals surface area contributed by atoms with Crippen LogP contribution in [0.3, 0.4) is 0 Å². The van der Waals surface area contributed by atoms with E-state index in [9.17, 15) is 4.39 Å². The van der Waals surface area contributed by atoms with Crippen LogP contribution in [-0.2, 0) is 0 Å². The molecule has 1 heterocycles. The van der Waals surface area contributed by atoms with Gasteiger partial charge in [0, 0.05) is 16.5 Å². The first-order valence-corrected chi connectivity index (χ1v) is 9.12. The average molecular weight is 415 g/mol. The number of anilines is 1. The minimum absolute atomic E-state index is 0.281. The van der Waals surface area contributed by atoms with Crippen LogP contribution < -0.4 is 5.43 Å². The largest absolute Gasteiger partial charge is 0.252 e. The summed E-state index contributed by atoms with van der Waals surface area (Å²) >= 11 is 19.6. The molecule has 0 spiro atoms. The van der Waals surface area contributed by atoms with E-state index in [1.165, 1.54) is 23.5 Å². The van der Waals surface area contributed by atoms with Gasteiger partial charge >= 0.3 is 0 Å². The van der Waals surface area contributed by atoms with Crippen LogP contribution in [0.15, 0.2) is 46.9 Å². The molecule has 1 aromatic heterocycles. The van der Waals surface area contributed by atoms with E-state index in [0.717, 1.165) is 11.3 Å². The van der Waals surface area contributed by atoms with Gasteiger partial charge in [0.05, 0.1) is 26.5 Å². The molecule has 8 heteroatoms. The minimum atomic E-state index is -0.281. The Morgan fingerprint density at radius 3 is 2.52 bits per heavy atom. The van der Waals surface area contributed by atoms with Crippen molar-refractivity contribution in [3.8, 4) is 11.3 Å². The molecule has 1 N–H and O–H groups in total. The summed E-state index contributed by atoms with van der Waals surface area (Å²) in [5, 5.41) is 7.79. The molecule has 3 nitrogen and oxygen atoms in total. The Morgan fingerprint density at radius 2 is 1.80 bits per heavy atom. The molecule has 0 saturated carbocycles. The Balaban J connectivity index is 1.78. The molecular weight excluding hydrogens is 404 g/mol. The molecular formula is C17H11Cl3FN3S. The fraction of sp³-hybridized carbons (Fsp3) is 0.0588. The molecule has 0 saturated heterocycles. The Kier molecular flexibility index (Phi) is 5.59. The second-order valence-corrected chi connectivity index (χ2v) is 7.10. The number of benzene rings is 2. The van der Waals surface area contributed by atoms with Crippen LogP contribution in [0.1, 0.15) is 12.5 Å². The first-order valence-electron chi connectivity index (χ1n) is 7.11. The summed E-state index contributed by atoms with van der Waals surface area (Å²) < 4.78 is 13.0. The summed E-state index contributed by atoms with van der Waals surface area (Å²) in [7, 11) is 0. The Morgan fingerprint density at radius 1 is 1.08 bits per heavy atom. The molecule has 3 aromatic rings. The van der Waals surface area contributed by atoms with Gasteiger partial charge in [0.1, 0.15) is 5.82 Å². The van der Waals surface area contributed by atoms with E-state index in [2.05, 4.69) is 15.5 Å². The maximum absolute atomic E-state index is 13.0. The fourth-order valence-corrected chi connectivity index (χ4v) is 3.41. The van der Waals surface area contributed by atoms with E-state index in [0.29, 0.717) is 31.5 Å². The molecule has 0 aliphatic heterocycles. The van der Waals surface area contributed by atoms with Gasteiger partial charge in [-0.05, 0) is 37.3 Å². The third kappa shape index (κ3) is 4.12. The van der Waals surface area contributed by atoms with Gasteiger partial charge < -0.3 is 0 Å². The highest BCUT2D eigenvalue weighted by Crippen LogP contribution is 2.33. The van der Waals surface area contributed by atoms with Crippen molar-refractivity contribution in [1.29, 1.82) is 0 Å². The monoisotopic (exact) mass is 413 g/mol. The van der Waals surface area contributed by atoms with Crippen LogP contribution >= 0.6 is 46.1 Å². The Labute approximate surface area is 163 Å². The molecule has 128 valence electrons. The van der Waals surface area contributed by atoms with Crippen molar-refractivity contribution in [1.82, 2.24) is 4.98 Å². The third-order valence-corrected chi connectivity index (χ3v) is 5.43. The molecule has 0 amide bonds. The number of hydrogen-bond acceptors (Lipinski definition) is 4. The van der Waals surface area contributed by atoms with Crippen LogP contribution in [-0.4, -0.2) is 10.7 Å². The van der Waals surface area contributed by atoms with Crippen LogP contribution in [0.5, 0.6) is 0 Å². The lowest BCUT2D eigenvalue weighted by Gasteiger charge is -2.07. The number of nitrogens with one attached hydrogen (secondary N) is 1. The lowest BCUT2D eigenvalue weighted by Crippen LogP contribution is -2.01. The fourth-order valence-electron chi connectivity index (χ4n) is 2.08. The maximum atomic E-state index is 13.0. The summed E-state index contributed by atoms with van der Waals surface area (Å²) in [5.74, 6) is -0.281. The number of nitrogens with zero attached hydrogens (tertiary/aromatic N) is 2. The van der Waals surface area contributed by atoms with Crippen molar-refractivity contribution in [3.63, 3.8) is 0 Å². The third-order valence-electron chi connectivity index (χ3n) is 3.39. The molecule has 2 aromatic carbocycles. The molecule has 0 aliphatic carbocycles. The van der Waals surface area contributed by atoms with Crippen molar-refractivity contribution >= 4 is 57.0 Å². The van der Waals surface area contributed by atoms with Gasteiger partial charge in [0.2, 0.25) is 5.13 Å². The highest BCUT2D eigenvalue weighted by molar-refractivity contribution is 7.14. The number of halogens is 4. The second-order valence-electron chi connectivity index (χ2n) is 5.08. The van der Waals surface area contributed by atoms with Crippen molar-refractivity contribution in [2.75, 3.05) is 5.43 Å². The molecule has 0 radical (unpaired) electrons. The summed E-state index contributed by atoms with van der Waals surface area (Å²) in [5.41, 5.74) is 5.79. The molecule has 25 heavy (non-hydrogen) atoms. The van der Waals surface area contributed by atoms with Crippen LogP contribution in [0.2, 0.25) is 15.1 Å². The number of thiazole rings is 1. The van der Waals surface area contributed by atoms with Crippen LogP contribution in [0.25, 0.3) is 11.3 Å². The standard InChI is InChI=1S/C17H11Cl3FN3S/c1-9(12-6-7-13(18)16(20)15(12)19)23-24-17-22-14(8-25-17)10-2-4-11(21)5-3-10/h2-8H,1H3,(H,22,24)/b23-9+. The molecule has 0 unspecified atom stereocenters. The zero-order valence-corrected chi connectivity index (χ0v) is 15.9. The smallest absolute Gasteiger partial charge is 0.203 e. The SMILES string of the molecule is C/C(=N\Nc1nc(-c2ccc(F)cc2)cs1)c1ccc(Cl)c(Cl)c1Cl. The first-order chi connectivity index (χ1) is 12.0. The van der Waals surface area contributed by atoms with Gasteiger partial charge in [-0.25, -0.2) is 9.37 Å². The van der Waals surface area contributed by atoms with Gasteiger partial charge in [0.25, 0.3) is 0 Å². The predicted octanol–water partition coefficient (Wildman–Crippen LogP) is 6.75. The number of hydrogen-bond donors (Lipinski definition) is 1. The maximum Gasteiger partial charge on any atom is 0.203 e. The molecule has 0 aliphatic rings. The normalized spacial score (nSPS) is 11.6. The van der Waals surface area contributed by atoms with E-state index in [-0.39, 0.29) is 5.82 Å². The van der Waals surface area contributed by atoms with E-state index in [4.69, 9.17) is 34.8 Å². The number of rotatable bonds is 4. The van der Waals surface area contributed by atoms with Crippen molar-refractivity contribution in [3.05, 3.63) is 68.2 Å². The lowest BCUT2D eigenvalue weighted by atomic mass is 10.1. The Bertz CT molecular complexity index is 939. The zero-order chi connectivity index (χ0) is 18.0. The van der Waals surface area contributed by atoms with Crippen molar-refractivity contribution in [2.24, 2.45) is 5.10 Å². The summed E-state index contributed by atoms with van der Waals surface area (Å²) in [6.45, 7) is 1.80. The highest BCUT2D eigenvalue weighted by Gasteiger charge is 2.11. The van der Waals surface area contributed by atoms with Gasteiger partial charge in [-0.1, -0.05) is 40.9 Å². The van der Waals surface area contributed by atoms with E-state index in [1.54, 1.807) is 31.2 Å². The molecule has 0 bridgehead atoms. The van der Waals surface area contributed by atoms with Crippen molar-refractivity contribution in [2.45, 2.75) is 6.92 Å². The average Bonchev–Trinajstić information content (AvgIpc) is 3.07. The summed E-state index contributed by atoms with van der Waals surface area (Å²) in [6.07, 6.45) is 0. The first kappa shape index (κ1) is 18.1. The second kappa shape index (κ2) is 7.70. The van der Waals surface area contributed by atoms with Gasteiger partial charge in [0.15, 0.2) is 0 Å². The topological polar surface area (TPSA) is 37.3 Å². The predicted molar refractivity (Wildman–Crippen MR) is 105 cm³/mol. The summed E-state index contributed by atoms with van der Waals surface area (Å²) in [6, 6.07) is 9.58. The van der Waals surface area contributed by atoms with Gasteiger partial charge in [-0.15, -0.1) is 11.3 Å². The van der Waals surface area contributed by atoms with E-state index < -0.39 is 0 Å². The van der Waals surface area contributed by atoms with Crippen LogP contribution in [0, 0.1) is 5.82 Å². The van der Waals surface area contributed by atoms with E-state index >= 15 is 0 Å². The minimum Gasteiger partial charge on any atom is -0.252 e.